The number of carbonyl (C=O) groups excluding carboxylic acids is 1. The Bertz CT molecular complexity index is 1730. The van der Waals surface area contributed by atoms with Gasteiger partial charge >= 0.3 is 18.3 Å². The zero-order valence-electron chi connectivity index (χ0n) is 23.8. The number of fused-ring (bicyclic) bond motifs is 2. The van der Waals surface area contributed by atoms with Crippen molar-refractivity contribution in [3.63, 3.8) is 0 Å². The summed E-state index contributed by atoms with van der Waals surface area (Å²) in [6.07, 6.45) is -5.41. The normalized spacial score (nSPS) is 16.7. The number of carboxylic acid groups (broad SMARTS) is 1. The van der Waals surface area contributed by atoms with Crippen molar-refractivity contribution < 1.29 is 37.7 Å². The largest absolute Gasteiger partial charge is 0.491 e. The predicted octanol–water partition coefficient (Wildman–Crippen LogP) is 5.66. The number of hydrogen-bond donors (Lipinski definition) is 3. The van der Waals surface area contributed by atoms with Crippen LogP contribution in [0.15, 0.2) is 60.7 Å². The second-order valence-electron chi connectivity index (χ2n) is 11.1. The Labute approximate surface area is 250 Å². The van der Waals surface area contributed by atoms with Crippen molar-refractivity contribution in [3.8, 4) is 16.9 Å². The molecule has 0 unspecified atom stereocenters. The Morgan fingerprint density at radius 1 is 1.00 bits per heavy atom. The van der Waals surface area contributed by atoms with E-state index in [9.17, 15) is 33.0 Å². The number of carbonyl (C=O) groups is 2. The maximum atomic E-state index is 13.6. The van der Waals surface area contributed by atoms with Crippen LogP contribution in [0.1, 0.15) is 29.5 Å². The van der Waals surface area contributed by atoms with E-state index in [1.165, 1.54) is 19.2 Å². The van der Waals surface area contributed by atoms with Gasteiger partial charge in [0.15, 0.2) is 0 Å². The predicted molar refractivity (Wildman–Crippen MR) is 155 cm³/mol. The molecule has 3 heterocycles. The number of benzene rings is 3. The molecule has 0 radical (unpaired) electrons. The van der Waals surface area contributed by atoms with Crippen molar-refractivity contribution >= 4 is 29.1 Å². The minimum absolute atomic E-state index is 0.116. The van der Waals surface area contributed by atoms with E-state index >= 15 is 0 Å². The number of halogens is 3. The zero-order valence-corrected chi connectivity index (χ0v) is 23.8. The zero-order chi connectivity index (χ0) is 31.2. The third kappa shape index (κ3) is 5.62. The Morgan fingerprint density at radius 3 is 2.45 bits per heavy atom. The summed E-state index contributed by atoms with van der Waals surface area (Å²) in [7, 11) is 1.40. The van der Waals surface area contributed by atoms with Gasteiger partial charge in [0.1, 0.15) is 12.4 Å². The van der Waals surface area contributed by atoms with Crippen LogP contribution in [0, 0.1) is 0 Å². The molecule has 3 amide bonds. The SMILES string of the molecule is CN(C(=O)O)c1nc2ccc(-c3ccc4c(c3)CN(C(=O)N3CCC(O)(c5cccc(C(F)(F)F)c5)CC3)CCO4)cc2[nH]1. The van der Waals surface area contributed by atoms with E-state index in [-0.39, 0.29) is 50.0 Å². The van der Waals surface area contributed by atoms with Crippen molar-refractivity contribution in [1.29, 1.82) is 0 Å². The third-order valence-corrected chi connectivity index (χ3v) is 8.31. The molecular formula is C31H30F3N5O5. The summed E-state index contributed by atoms with van der Waals surface area (Å²) >= 11 is 0. The Kier molecular flexibility index (Phi) is 7.36. The molecule has 0 saturated carbocycles. The quantitative estimate of drug-likeness (QED) is 0.276. The van der Waals surface area contributed by atoms with Gasteiger partial charge in [-0.25, -0.2) is 14.6 Å². The Morgan fingerprint density at radius 2 is 1.73 bits per heavy atom. The highest BCUT2D eigenvalue weighted by atomic mass is 19.4. The van der Waals surface area contributed by atoms with E-state index in [2.05, 4.69) is 9.97 Å². The van der Waals surface area contributed by atoms with Gasteiger partial charge in [-0.15, -0.1) is 0 Å². The number of ether oxygens (including phenoxy) is 1. The molecule has 4 aromatic rings. The van der Waals surface area contributed by atoms with Gasteiger partial charge in [-0.2, -0.15) is 13.2 Å². The minimum Gasteiger partial charge on any atom is -0.491 e. The fourth-order valence-corrected chi connectivity index (χ4v) is 5.70. The van der Waals surface area contributed by atoms with E-state index in [0.717, 1.165) is 33.7 Å². The number of rotatable bonds is 3. The second-order valence-corrected chi connectivity index (χ2v) is 11.1. The molecule has 0 spiro atoms. The summed E-state index contributed by atoms with van der Waals surface area (Å²) in [5, 5.41) is 20.5. The maximum absolute atomic E-state index is 13.6. The minimum atomic E-state index is -4.51. The van der Waals surface area contributed by atoms with E-state index in [0.29, 0.717) is 29.9 Å². The van der Waals surface area contributed by atoms with Crippen molar-refractivity contribution in [2.45, 2.75) is 31.2 Å². The van der Waals surface area contributed by atoms with Crippen LogP contribution in [0.5, 0.6) is 5.75 Å². The van der Waals surface area contributed by atoms with Crippen LogP contribution >= 0.6 is 0 Å². The smallest absolute Gasteiger partial charge is 0.416 e. The van der Waals surface area contributed by atoms with Crippen LogP contribution < -0.4 is 9.64 Å². The highest BCUT2D eigenvalue weighted by Gasteiger charge is 2.39. The van der Waals surface area contributed by atoms with Gasteiger partial charge in [-0.1, -0.05) is 24.3 Å². The van der Waals surface area contributed by atoms with Crippen LogP contribution in [0.2, 0.25) is 0 Å². The Balaban J connectivity index is 1.17. The molecule has 44 heavy (non-hydrogen) atoms. The average Bonchev–Trinajstić information content (AvgIpc) is 3.32. The van der Waals surface area contributed by atoms with Gasteiger partial charge in [0.2, 0.25) is 5.95 Å². The molecule has 0 aliphatic carbocycles. The van der Waals surface area contributed by atoms with Crippen LogP contribution in [-0.4, -0.2) is 75.4 Å². The van der Waals surface area contributed by atoms with Gasteiger partial charge in [-0.05, 0) is 65.9 Å². The summed E-state index contributed by atoms with van der Waals surface area (Å²) in [5.74, 6) is 0.870. The third-order valence-electron chi connectivity index (χ3n) is 8.31. The lowest BCUT2D eigenvalue weighted by Gasteiger charge is -2.40. The molecule has 1 aromatic heterocycles. The Hall–Kier alpha value is -4.78. The summed E-state index contributed by atoms with van der Waals surface area (Å²) in [6, 6.07) is 15.8. The summed E-state index contributed by atoms with van der Waals surface area (Å²) in [5.41, 5.74) is 1.75. The molecule has 0 atom stereocenters. The number of amides is 3. The van der Waals surface area contributed by atoms with E-state index < -0.39 is 23.4 Å². The number of H-pyrrole nitrogens is 1. The topological polar surface area (TPSA) is 122 Å². The average molecular weight is 610 g/mol. The number of nitrogens with zero attached hydrogens (tertiary/aromatic N) is 4. The lowest BCUT2D eigenvalue weighted by molar-refractivity contribution is -0.137. The van der Waals surface area contributed by atoms with Gasteiger partial charge in [-0.3, -0.25) is 4.90 Å². The summed E-state index contributed by atoms with van der Waals surface area (Å²) < 4.78 is 45.6. The van der Waals surface area contributed by atoms with Crippen LogP contribution in [-0.2, 0) is 18.3 Å². The molecule has 2 aliphatic rings. The van der Waals surface area contributed by atoms with Gasteiger partial charge in [0.25, 0.3) is 0 Å². The number of likely N-dealkylation sites (tertiary alicyclic amines) is 1. The van der Waals surface area contributed by atoms with Gasteiger partial charge in [0.05, 0.1) is 35.3 Å². The standard InChI is InChI=1S/C31H30F3N5O5/c1-37(29(41)42)27-35-24-7-5-20(16-25(24)36-27)19-6-8-26-21(15-19)18-39(13-14-44-26)28(40)38-11-9-30(43,10-12-38)22-3-2-4-23(17-22)31(32,33)34/h2-8,15-17,43H,9-14,18H2,1H3,(H,35,36)(H,41,42). The van der Waals surface area contributed by atoms with Gasteiger partial charge in [0, 0.05) is 25.7 Å². The van der Waals surface area contributed by atoms with E-state index in [1.54, 1.807) is 15.9 Å². The first-order valence-corrected chi connectivity index (χ1v) is 14.1. The van der Waals surface area contributed by atoms with Crippen LogP contribution in [0.3, 0.4) is 0 Å². The number of hydrogen-bond acceptors (Lipinski definition) is 5. The van der Waals surface area contributed by atoms with E-state index in [4.69, 9.17) is 4.74 Å². The lowest BCUT2D eigenvalue weighted by Crippen LogP contribution is -2.50. The number of imidazole rings is 1. The monoisotopic (exact) mass is 609 g/mol. The first-order chi connectivity index (χ1) is 20.9. The lowest BCUT2D eigenvalue weighted by atomic mass is 9.84. The first kappa shape index (κ1) is 29.3. The van der Waals surface area contributed by atoms with Crippen LogP contribution in [0.25, 0.3) is 22.2 Å². The molecule has 13 heteroatoms. The molecule has 1 saturated heterocycles. The number of aromatic nitrogens is 2. The molecule has 2 aliphatic heterocycles. The number of aliphatic hydroxyl groups is 1. The number of alkyl halides is 3. The van der Waals surface area contributed by atoms with Gasteiger partial charge < -0.3 is 29.7 Å². The number of piperidine rings is 1. The highest BCUT2D eigenvalue weighted by Crippen LogP contribution is 2.37. The van der Waals surface area contributed by atoms with Crippen molar-refractivity contribution in [2.24, 2.45) is 0 Å². The van der Waals surface area contributed by atoms with Crippen molar-refractivity contribution in [1.82, 2.24) is 19.8 Å². The highest BCUT2D eigenvalue weighted by molar-refractivity contribution is 5.88. The molecule has 10 nitrogen and oxygen atoms in total. The molecule has 230 valence electrons. The fraction of sp³-hybridized carbons (Fsp3) is 0.323. The van der Waals surface area contributed by atoms with Crippen LogP contribution in [0.4, 0.5) is 28.7 Å². The molecule has 3 aromatic carbocycles. The molecule has 1 fully saturated rings. The number of nitrogens with one attached hydrogen (secondary N) is 1. The molecular weight excluding hydrogens is 579 g/mol. The number of anilines is 1. The van der Waals surface area contributed by atoms with Crippen molar-refractivity contribution in [2.75, 3.05) is 38.2 Å². The fourth-order valence-electron chi connectivity index (χ4n) is 5.70. The number of urea groups is 1. The number of aromatic amines is 1. The summed E-state index contributed by atoms with van der Waals surface area (Å²) in [6.45, 7) is 1.31. The van der Waals surface area contributed by atoms with Crippen molar-refractivity contribution in [3.05, 3.63) is 77.4 Å². The first-order valence-electron chi connectivity index (χ1n) is 14.1. The maximum Gasteiger partial charge on any atom is 0.416 e. The molecule has 6 rings (SSSR count). The van der Waals surface area contributed by atoms with E-state index in [1.807, 2.05) is 30.3 Å². The summed E-state index contributed by atoms with van der Waals surface area (Å²) in [4.78, 5) is 36.5. The molecule has 0 bridgehead atoms. The second kappa shape index (κ2) is 11.1. The molecule has 3 N–H and O–H groups in total.